The van der Waals surface area contributed by atoms with Crippen LogP contribution in [0.4, 0.5) is 0 Å². The van der Waals surface area contributed by atoms with Crippen molar-refractivity contribution in [3.05, 3.63) is 47.3 Å². The van der Waals surface area contributed by atoms with E-state index in [-0.39, 0.29) is 24.8 Å². The smallest absolute Gasteiger partial charge is 0.0346 e. The van der Waals surface area contributed by atoms with E-state index in [9.17, 15) is 0 Å². The summed E-state index contributed by atoms with van der Waals surface area (Å²) in [6.45, 7) is 3.48. The lowest BCUT2D eigenvalue weighted by Crippen LogP contribution is -2.48. The molecule has 2 aromatic rings. The van der Waals surface area contributed by atoms with Crippen LogP contribution in [0.1, 0.15) is 17.7 Å². The van der Waals surface area contributed by atoms with Gasteiger partial charge in [0.05, 0.1) is 0 Å². The summed E-state index contributed by atoms with van der Waals surface area (Å²) < 4.78 is 0. The third kappa shape index (κ3) is 3.92. The first-order valence-electron chi connectivity index (χ1n) is 7.91. The molecule has 2 nitrogen and oxygen atoms in total. The van der Waals surface area contributed by atoms with Crippen molar-refractivity contribution in [3.63, 3.8) is 0 Å². The molecule has 2 heterocycles. The molecule has 1 aromatic carbocycles. The first kappa shape index (κ1) is 18.8. The molecule has 1 saturated heterocycles. The molecule has 1 aliphatic carbocycles. The summed E-state index contributed by atoms with van der Waals surface area (Å²) in [6, 6.07) is 15.7. The number of hydrogen-bond donors (Lipinski definition) is 1. The standard InChI is InChI=1S/C18H22N2S.2ClH/c19-18-14-6-7-15(18)11-20(10-14)12-16-8-9-17(21-16)13-4-2-1-3-5-13;;/h1-5,8-9,14-15,18H,6-7,10-12,19H2;2*1H/t14-,15+,18?;;. The summed E-state index contributed by atoms with van der Waals surface area (Å²) in [4.78, 5) is 5.47. The Bertz CT molecular complexity index is 602. The zero-order chi connectivity index (χ0) is 14.2. The largest absolute Gasteiger partial charge is 0.327 e. The average Bonchev–Trinajstić information content (AvgIpc) is 3.03. The molecule has 0 amide bonds. The van der Waals surface area contributed by atoms with Gasteiger partial charge in [-0.15, -0.1) is 36.2 Å². The molecule has 23 heavy (non-hydrogen) atoms. The average molecular weight is 371 g/mol. The van der Waals surface area contributed by atoms with Crippen molar-refractivity contribution in [1.82, 2.24) is 4.90 Å². The molecule has 0 spiro atoms. The quantitative estimate of drug-likeness (QED) is 0.865. The van der Waals surface area contributed by atoms with Crippen molar-refractivity contribution < 1.29 is 0 Å². The van der Waals surface area contributed by atoms with Crippen molar-refractivity contribution in [2.45, 2.75) is 25.4 Å². The van der Waals surface area contributed by atoms with Gasteiger partial charge >= 0.3 is 0 Å². The van der Waals surface area contributed by atoms with Gasteiger partial charge in [0, 0.05) is 35.4 Å². The predicted octanol–water partition coefficient (Wildman–Crippen LogP) is 4.43. The van der Waals surface area contributed by atoms with Crippen LogP contribution in [0.3, 0.4) is 0 Å². The Morgan fingerprint density at radius 3 is 2.26 bits per heavy atom. The van der Waals surface area contributed by atoms with E-state index in [2.05, 4.69) is 47.4 Å². The predicted molar refractivity (Wildman–Crippen MR) is 104 cm³/mol. The molecule has 2 fully saturated rings. The maximum absolute atomic E-state index is 6.30. The van der Waals surface area contributed by atoms with Crippen molar-refractivity contribution in [2.24, 2.45) is 17.6 Å². The zero-order valence-corrected chi connectivity index (χ0v) is 15.5. The molecule has 1 unspecified atom stereocenters. The molecule has 1 saturated carbocycles. The minimum Gasteiger partial charge on any atom is -0.327 e. The molecule has 3 atom stereocenters. The van der Waals surface area contributed by atoms with Crippen molar-refractivity contribution >= 4 is 36.2 Å². The highest BCUT2D eigenvalue weighted by atomic mass is 35.5. The molecule has 2 bridgehead atoms. The Balaban J connectivity index is 0.000000960. The van der Waals surface area contributed by atoms with Crippen LogP contribution in [0, 0.1) is 11.8 Å². The molecule has 4 rings (SSSR count). The first-order chi connectivity index (χ1) is 10.3. The van der Waals surface area contributed by atoms with Crippen LogP contribution in [0.15, 0.2) is 42.5 Å². The summed E-state index contributed by atoms with van der Waals surface area (Å²) in [7, 11) is 0. The highest BCUT2D eigenvalue weighted by Crippen LogP contribution is 2.37. The highest BCUT2D eigenvalue weighted by Gasteiger charge is 2.39. The number of benzene rings is 1. The summed E-state index contributed by atoms with van der Waals surface area (Å²) in [5, 5.41) is 0. The van der Waals surface area contributed by atoms with Crippen LogP contribution >= 0.6 is 36.2 Å². The van der Waals surface area contributed by atoms with Gasteiger partial charge in [-0.2, -0.15) is 0 Å². The van der Waals surface area contributed by atoms with Gasteiger partial charge in [-0.3, -0.25) is 4.90 Å². The number of nitrogens with zero attached hydrogens (tertiary/aromatic N) is 1. The van der Waals surface area contributed by atoms with E-state index in [0.29, 0.717) is 6.04 Å². The first-order valence-corrected chi connectivity index (χ1v) is 8.73. The van der Waals surface area contributed by atoms with Gasteiger partial charge in [-0.25, -0.2) is 0 Å². The Kier molecular flexibility index (Phi) is 6.52. The lowest BCUT2D eigenvalue weighted by atomic mass is 9.93. The van der Waals surface area contributed by atoms with Crippen LogP contribution in [0.25, 0.3) is 10.4 Å². The monoisotopic (exact) mass is 370 g/mol. The van der Waals surface area contributed by atoms with Gasteiger partial charge in [0.25, 0.3) is 0 Å². The Hall–Kier alpha value is -0.580. The van der Waals surface area contributed by atoms with Crippen LogP contribution in [-0.4, -0.2) is 24.0 Å². The molecule has 2 N–H and O–H groups in total. The number of nitrogens with two attached hydrogens (primary N) is 1. The molecule has 2 aliphatic rings. The van der Waals surface area contributed by atoms with Gasteiger partial charge in [-0.1, -0.05) is 30.3 Å². The Morgan fingerprint density at radius 2 is 1.61 bits per heavy atom. The van der Waals surface area contributed by atoms with Gasteiger partial charge in [-0.05, 0) is 42.4 Å². The lowest BCUT2D eigenvalue weighted by molar-refractivity contribution is 0.142. The van der Waals surface area contributed by atoms with E-state index in [1.807, 2.05) is 11.3 Å². The van der Waals surface area contributed by atoms with E-state index < -0.39 is 0 Å². The van der Waals surface area contributed by atoms with Gasteiger partial charge in [0.1, 0.15) is 0 Å². The normalized spacial score (nSPS) is 26.4. The molecule has 1 aliphatic heterocycles. The fourth-order valence-corrected chi connectivity index (χ4v) is 4.99. The Labute approximate surface area is 154 Å². The van der Waals surface area contributed by atoms with Crippen LogP contribution in [0.5, 0.6) is 0 Å². The molecule has 5 heteroatoms. The fourth-order valence-electron chi connectivity index (χ4n) is 3.93. The zero-order valence-electron chi connectivity index (χ0n) is 13.1. The second-order valence-electron chi connectivity index (χ2n) is 6.50. The second kappa shape index (κ2) is 8.00. The van der Waals surface area contributed by atoms with Crippen molar-refractivity contribution in [1.29, 1.82) is 0 Å². The third-order valence-corrected chi connectivity index (χ3v) is 6.20. The number of rotatable bonds is 3. The summed E-state index contributed by atoms with van der Waals surface area (Å²) >= 11 is 1.93. The molecular formula is C18H24Cl2N2S. The van der Waals surface area contributed by atoms with E-state index in [0.717, 1.165) is 18.4 Å². The van der Waals surface area contributed by atoms with Gasteiger partial charge < -0.3 is 5.73 Å². The third-order valence-electron chi connectivity index (χ3n) is 5.08. The fraction of sp³-hybridized carbons (Fsp3) is 0.444. The van der Waals surface area contributed by atoms with E-state index >= 15 is 0 Å². The number of hydrogen-bond acceptors (Lipinski definition) is 3. The van der Waals surface area contributed by atoms with Crippen LogP contribution in [-0.2, 0) is 6.54 Å². The number of halogens is 2. The number of likely N-dealkylation sites (tertiary alicyclic amines) is 1. The maximum Gasteiger partial charge on any atom is 0.0346 e. The van der Waals surface area contributed by atoms with Gasteiger partial charge in [0.2, 0.25) is 0 Å². The van der Waals surface area contributed by atoms with Crippen LogP contribution in [0.2, 0.25) is 0 Å². The summed E-state index contributed by atoms with van der Waals surface area (Å²) in [6.07, 6.45) is 2.67. The molecule has 0 radical (unpaired) electrons. The number of fused-ring (bicyclic) bond motifs is 2. The summed E-state index contributed by atoms with van der Waals surface area (Å²) in [5.41, 5.74) is 7.62. The minimum atomic E-state index is 0. The van der Waals surface area contributed by atoms with Crippen molar-refractivity contribution in [2.75, 3.05) is 13.1 Å². The van der Waals surface area contributed by atoms with Crippen LogP contribution < -0.4 is 5.73 Å². The topological polar surface area (TPSA) is 29.3 Å². The maximum atomic E-state index is 6.30. The van der Waals surface area contributed by atoms with E-state index in [4.69, 9.17) is 5.73 Å². The van der Waals surface area contributed by atoms with E-state index in [1.165, 1.54) is 41.2 Å². The molecule has 126 valence electrons. The Morgan fingerprint density at radius 1 is 0.957 bits per heavy atom. The second-order valence-corrected chi connectivity index (χ2v) is 7.67. The van der Waals surface area contributed by atoms with E-state index in [1.54, 1.807) is 0 Å². The minimum absolute atomic E-state index is 0. The lowest BCUT2D eigenvalue weighted by Gasteiger charge is -2.35. The number of piperidine rings is 1. The van der Waals surface area contributed by atoms with Gasteiger partial charge in [0.15, 0.2) is 0 Å². The molecular weight excluding hydrogens is 347 g/mol. The number of thiophene rings is 1. The van der Waals surface area contributed by atoms with Crippen molar-refractivity contribution in [3.8, 4) is 10.4 Å². The molecule has 1 aromatic heterocycles. The highest BCUT2D eigenvalue weighted by molar-refractivity contribution is 7.15. The summed E-state index contributed by atoms with van der Waals surface area (Å²) in [5.74, 6) is 1.47. The SMILES string of the molecule is Cl.Cl.NC1[C@@H]2CC[C@H]1CN(Cc1ccc(-c3ccccc3)s1)C2.